The predicted molar refractivity (Wildman–Crippen MR) is 75.8 cm³/mol. The molecule has 1 atom stereocenters. The van der Waals surface area contributed by atoms with Crippen LogP contribution in [0.5, 0.6) is 0 Å². The molecule has 1 unspecified atom stereocenters. The van der Waals surface area contributed by atoms with Gasteiger partial charge in [0.1, 0.15) is 0 Å². The third-order valence-corrected chi connectivity index (χ3v) is 4.81. The summed E-state index contributed by atoms with van der Waals surface area (Å²) in [6.07, 6.45) is 2.44. The molecule has 3 rings (SSSR count). The van der Waals surface area contributed by atoms with E-state index in [1.807, 2.05) is 30.3 Å². The largest absolute Gasteiger partial charge is 0.481 e. The van der Waals surface area contributed by atoms with Crippen LogP contribution in [0.3, 0.4) is 0 Å². The Labute approximate surface area is 119 Å². The highest BCUT2D eigenvalue weighted by Gasteiger charge is 2.44. The van der Waals surface area contributed by atoms with Gasteiger partial charge in [0.15, 0.2) is 0 Å². The molecule has 2 heterocycles. The van der Waals surface area contributed by atoms with E-state index < -0.39 is 11.4 Å². The number of carboxylic acids is 1. The van der Waals surface area contributed by atoms with E-state index in [9.17, 15) is 9.90 Å². The molecule has 1 aromatic carbocycles. The summed E-state index contributed by atoms with van der Waals surface area (Å²) in [7, 11) is 0. The molecule has 4 nitrogen and oxygen atoms in total. The predicted octanol–water partition coefficient (Wildman–Crippen LogP) is 1.89. The maximum absolute atomic E-state index is 11.9. The minimum absolute atomic E-state index is 0.484. The van der Waals surface area contributed by atoms with E-state index in [1.54, 1.807) is 0 Å². The Morgan fingerprint density at radius 3 is 2.50 bits per heavy atom. The summed E-state index contributed by atoms with van der Waals surface area (Å²) in [4.78, 5) is 14.3. The third-order valence-electron chi connectivity index (χ3n) is 4.81. The Hall–Kier alpha value is -1.39. The molecule has 2 saturated heterocycles. The molecule has 4 heteroatoms. The number of rotatable bonds is 3. The van der Waals surface area contributed by atoms with Crippen molar-refractivity contribution in [2.75, 3.05) is 26.3 Å². The number of hydrogen-bond donors (Lipinski definition) is 1. The van der Waals surface area contributed by atoms with E-state index in [-0.39, 0.29) is 0 Å². The molecule has 0 aliphatic carbocycles. The van der Waals surface area contributed by atoms with Gasteiger partial charge in [0, 0.05) is 12.6 Å². The van der Waals surface area contributed by atoms with Gasteiger partial charge < -0.3 is 9.84 Å². The lowest BCUT2D eigenvalue weighted by atomic mass is 9.72. The van der Waals surface area contributed by atoms with Gasteiger partial charge in [-0.25, -0.2) is 0 Å². The first-order valence-corrected chi connectivity index (χ1v) is 7.33. The van der Waals surface area contributed by atoms with E-state index >= 15 is 0 Å². The van der Waals surface area contributed by atoms with Gasteiger partial charge in [-0.1, -0.05) is 30.3 Å². The fourth-order valence-corrected chi connectivity index (χ4v) is 3.46. The van der Waals surface area contributed by atoms with E-state index in [4.69, 9.17) is 4.74 Å². The summed E-state index contributed by atoms with van der Waals surface area (Å²) in [5.41, 5.74) is 0.229. The zero-order chi connectivity index (χ0) is 14.0. The average molecular weight is 275 g/mol. The summed E-state index contributed by atoms with van der Waals surface area (Å²) in [5, 5.41) is 9.75. The summed E-state index contributed by atoms with van der Waals surface area (Å²) in [6, 6.07) is 10.2. The zero-order valence-electron chi connectivity index (χ0n) is 11.6. The van der Waals surface area contributed by atoms with Crippen LogP contribution in [0.2, 0.25) is 0 Å². The second kappa shape index (κ2) is 5.54. The minimum Gasteiger partial charge on any atom is -0.481 e. The summed E-state index contributed by atoms with van der Waals surface area (Å²) in [6.45, 7) is 3.32. The van der Waals surface area contributed by atoms with Crippen molar-refractivity contribution < 1.29 is 14.6 Å². The summed E-state index contributed by atoms with van der Waals surface area (Å²) in [5.74, 6) is -0.689. The average Bonchev–Trinajstić information content (AvgIpc) is 3.02. The molecule has 0 radical (unpaired) electrons. The smallest absolute Gasteiger partial charge is 0.314 e. The highest BCUT2D eigenvalue weighted by Crippen LogP contribution is 2.37. The van der Waals surface area contributed by atoms with Crippen LogP contribution in [0, 0.1) is 0 Å². The molecule has 0 aromatic heterocycles. The first kappa shape index (κ1) is 13.6. The number of carbonyl (C=O) groups is 1. The lowest BCUT2D eigenvalue weighted by Crippen LogP contribution is -2.50. The number of nitrogens with zero attached hydrogens (tertiary/aromatic N) is 1. The van der Waals surface area contributed by atoms with Crippen LogP contribution in [-0.4, -0.2) is 48.3 Å². The Morgan fingerprint density at radius 1 is 1.25 bits per heavy atom. The van der Waals surface area contributed by atoms with Crippen molar-refractivity contribution in [3.63, 3.8) is 0 Å². The molecule has 0 spiro atoms. The molecule has 2 fully saturated rings. The second-order valence-electron chi connectivity index (χ2n) is 5.81. The van der Waals surface area contributed by atoms with Crippen LogP contribution in [0.1, 0.15) is 24.8 Å². The molecule has 2 aliphatic rings. The van der Waals surface area contributed by atoms with Gasteiger partial charge in [-0.2, -0.15) is 0 Å². The molecule has 0 bridgehead atoms. The van der Waals surface area contributed by atoms with Crippen molar-refractivity contribution >= 4 is 5.97 Å². The molecule has 2 aliphatic heterocycles. The number of carboxylic acid groups (broad SMARTS) is 1. The summed E-state index contributed by atoms with van der Waals surface area (Å²) >= 11 is 0. The van der Waals surface area contributed by atoms with Gasteiger partial charge in [-0.3, -0.25) is 9.69 Å². The Kier molecular flexibility index (Phi) is 3.76. The van der Waals surface area contributed by atoms with Gasteiger partial charge in [-0.15, -0.1) is 0 Å². The zero-order valence-corrected chi connectivity index (χ0v) is 11.6. The highest BCUT2D eigenvalue weighted by molar-refractivity contribution is 5.81. The number of piperidine rings is 1. The highest BCUT2D eigenvalue weighted by atomic mass is 16.5. The van der Waals surface area contributed by atoms with Crippen LogP contribution >= 0.6 is 0 Å². The number of likely N-dealkylation sites (tertiary alicyclic amines) is 1. The molecule has 20 heavy (non-hydrogen) atoms. The van der Waals surface area contributed by atoms with Crippen LogP contribution in [0.4, 0.5) is 0 Å². The lowest BCUT2D eigenvalue weighted by Gasteiger charge is -2.41. The van der Waals surface area contributed by atoms with Crippen molar-refractivity contribution in [1.29, 1.82) is 0 Å². The quantitative estimate of drug-likeness (QED) is 0.915. The number of aliphatic carboxylic acids is 1. The van der Waals surface area contributed by atoms with E-state index in [2.05, 4.69) is 4.90 Å². The van der Waals surface area contributed by atoms with Crippen molar-refractivity contribution in [2.45, 2.75) is 30.7 Å². The van der Waals surface area contributed by atoms with Crippen molar-refractivity contribution in [1.82, 2.24) is 4.90 Å². The molecule has 1 N–H and O–H groups in total. The molecule has 1 aromatic rings. The van der Waals surface area contributed by atoms with Gasteiger partial charge in [0.05, 0.1) is 12.0 Å². The summed E-state index contributed by atoms with van der Waals surface area (Å²) < 4.78 is 5.44. The monoisotopic (exact) mass is 275 g/mol. The van der Waals surface area contributed by atoms with Crippen LogP contribution in [-0.2, 0) is 14.9 Å². The van der Waals surface area contributed by atoms with Gasteiger partial charge in [0.25, 0.3) is 0 Å². The molecular formula is C16H21NO3. The maximum Gasteiger partial charge on any atom is 0.314 e. The molecule has 0 amide bonds. The van der Waals surface area contributed by atoms with E-state index in [0.717, 1.165) is 38.3 Å². The van der Waals surface area contributed by atoms with Crippen molar-refractivity contribution in [3.05, 3.63) is 35.9 Å². The molecular weight excluding hydrogens is 254 g/mol. The third kappa shape index (κ3) is 2.34. The van der Waals surface area contributed by atoms with Crippen LogP contribution in [0.15, 0.2) is 30.3 Å². The maximum atomic E-state index is 11.9. The Morgan fingerprint density at radius 2 is 1.95 bits per heavy atom. The Balaban J connectivity index is 1.76. The fraction of sp³-hybridized carbons (Fsp3) is 0.562. The van der Waals surface area contributed by atoms with Crippen LogP contribution in [0.25, 0.3) is 0 Å². The van der Waals surface area contributed by atoms with E-state index in [1.165, 1.54) is 0 Å². The SMILES string of the molecule is O=C(O)C1(c2ccccc2)CCN(C2CCOC2)CC1. The topological polar surface area (TPSA) is 49.8 Å². The first-order valence-electron chi connectivity index (χ1n) is 7.33. The van der Waals surface area contributed by atoms with Gasteiger partial charge >= 0.3 is 5.97 Å². The first-order chi connectivity index (χ1) is 9.72. The Bertz CT molecular complexity index is 460. The van der Waals surface area contributed by atoms with Gasteiger partial charge in [-0.05, 0) is 37.9 Å². The lowest BCUT2D eigenvalue weighted by molar-refractivity contribution is -0.146. The van der Waals surface area contributed by atoms with Gasteiger partial charge in [0.2, 0.25) is 0 Å². The fourth-order valence-electron chi connectivity index (χ4n) is 3.46. The number of hydrogen-bond acceptors (Lipinski definition) is 3. The molecule has 108 valence electrons. The minimum atomic E-state index is -0.711. The standard InChI is InChI=1S/C16H21NO3/c18-15(19)16(13-4-2-1-3-5-13)7-9-17(10-8-16)14-6-11-20-12-14/h1-5,14H,6-12H2,(H,18,19). The normalized spacial score (nSPS) is 26.5. The van der Waals surface area contributed by atoms with Crippen molar-refractivity contribution in [3.8, 4) is 0 Å². The van der Waals surface area contributed by atoms with E-state index in [0.29, 0.717) is 18.9 Å². The second-order valence-corrected chi connectivity index (χ2v) is 5.81. The van der Waals surface area contributed by atoms with Crippen molar-refractivity contribution in [2.24, 2.45) is 0 Å². The number of ether oxygens (including phenoxy) is 1. The van der Waals surface area contributed by atoms with Crippen LogP contribution < -0.4 is 0 Å². The number of benzene rings is 1. The molecule has 0 saturated carbocycles.